The molecule has 0 unspecified atom stereocenters. The first-order chi connectivity index (χ1) is 7.17. The first-order valence-electron chi connectivity index (χ1n) is 4.13. The average molecular weight is 263 g/mol. The number of nitriles is 2. The van der Waals surface area contributed by atoms with Crippen LogP contribution < -0.4 is 0 Å². The Morgan fingerprint density at radius 1 is 1.33 bits per heavy atom. The third-order valence-electron chi connectivity index (χ3n) is 1.63. The summed E-state index contributed by atoms with van der Waals surface area (Å²) < 4.78 is 0.792. The molecule has 0 saturated carbocycles. The van der Waals surface area contributed by atoms with E-state index in [-0.39, 0.29) is 0 Å². The van der Waals surface area contributed by atoms with Crippen molar-refractivity contribution in [3.63, 3.8) is 0 Å². The van der Waals surface area contributed by atoms with Crippen LogP contribution in [0.15, 0.2) is 32.9 Å². The third kappa shape index (κ3) is 3.16. The van der Waals surface area contributed by atoms with Crippen molar-refractivity contribution in [2.75, 3.05) is 0 Å². The van der Waals surface area contributed by atoms with E-state index in [0.717, 1.165) is 10.0 Å². The maximum Gasteiger partial charge on any atom is 0.242 e. The van der Waals surface area contributed by atoms with Crippen LogP contribution in [-0.2, 0) is 0 Å². The van der Waals surface area contributed by atoms with Crippen LogP contribution in [0.5, 0.6) is 0 Å². The molecule has 0 aromatic heterocycles. The van der Waals surface area contributed by atoms with Gasteiger partial charge in [-0.3, -0.25) is 0 Å². The number of hydrogen-bond acceptors (Lipinski definition) is 4. The summed E-state index contributed by atoms with van der Waals surface area (Å²) in [6.07, 6.45) is 0. The Morgan fingerprint density at radius 3 is 2.53 bits per heavy atom. The molecule has 0 heterocycles. The van der Waals surface area contributed by atoms with Crippen molar-refractivity contribution < 1.29 is 0 Å². The summed E-state index contributed by atoms with van der Waals surface area (Å²) in [5.41, 5.74) is 1.70. The maximum absolute atomic E-state index is 8.48. The highest BCUT2D eigenvalue weighted by molar-refractivity contribution is 9.10. The van der Waals surface area contributed by atoms with Gasteiger partial charge in [0, 0.05) is 4.47 Å². The van der Waals surface area contributed by atoms with Crippen molar-refractivity contribution in [2.45, 2.75) is 13.0 Å². The van der Waals surface area contributed by atoms with Crippen molar-refractivity contribution in [1.29, 1.82) is 10.5 Å². The number of hydrogen-bond donors (Lipinski definition) is 0. The zero-order valence-corrected chi connectivity index (χ0v) is 9.56. The standard InChI is InChI=1S/C10H7BrN4/c1-7-2-3-10(9(11)4-7)15-14-8(5-12)6-13/h2-4,8H,1H3. The Labute approximate surface area is 96.0 Å². The van der Waals surface area contributed by atoms with Gasteiger partial charge in [-0.05, 0) is 40.5 Å². The number of nitrogens with zero attached hydrogens (tertiary/aromatic N) is 4. The Hall–Kier alpha value is -1.72. The molecule has 0 aliphatic carbocycles. The molecule has 4 nitrogen and oxygen atoms in total. The Kier molecular flexibility index (Phi) is 3.96. The van der Waals surface area contributed by atoms with Gasteiger partial charge in [-0.15, -0.1) is 0 Å². The average Bonchev–Trinajstić information content (AvgIpc) is 2.22. The van der Waals surface area contributed by atoms with E-state index in [0.29, 0.717) is 5.69 Å². The number of benzene rings is 1. The Balaban J connectivity index is 2.92. The zero-order valence-electron chi connectivity index (χ0n) is 7.98. The first-order valence-corrected chi connectivity index (χ1v) is 4.93. The van der Waals surface area contributed by atoms with Crippen LogP contribution in [-0.4, -0.2) is 6.04 Å². The fourth-order valence-electron chi connectivity index (χ4n) is 0.893. The predicted molar refractivity (Wildman–Crippen MR) is 58.4 cm³/mol. The SMILES string of the molecule is Cc1ccc(N=NC(C#N)C#N)c(Br)c1. The molecule has 15 heavy (non-hydrogen) atoms. The van der Waals surface area contributed by atoms with Crippen LogP contribution in [0.1, 0.15) is 5.56 Å². The van der Waals surface area contributed by atoms with Gasteiger partial charge in [0.05, 0.1) is 5.69 Å². The molecule has 0 bridgehead atoms. The number of aryl methyl sites for hydroxylation is 1. The Bertz CT molecular complexity index is 453. The molecule has 1 rings (SSSR count). The largest absolute Gasteiger partial charge is 0.242 e. The minimum absolute atomic E-state index is 0.608. The summed E-state index contributed by atoms with van der Waals surface area (Å²) in [6, 6.07) is 7.93. The van der Waals surface area contributed by atoms with Crippen molar-refractivity contribution in [2.24, 2.45) is 10.2 Å². The molecule has 0 spiro atoms. The molecule has 0 aliphatic heterocycles. The van der Waals surface area contributed by atoms with E-state index in [2.05, 4.69) is 26.2 Å². The number of rotatable bonds is 2. The summed E-state index contributed by atoms with van der Waals surface area (Å²) in [5.74, 6) is 0. The number of azo groups is 1. The highest BCUT2D eigenvalue weighted by Crippen LogP contribution is 2.26. The molecule has 1 aromatic rings. The summed E-state index contributed by atoms with van der Waals surface area (Å²) in [6.45, 7) is 1.96. The normalized spacial score (nSPS) is 10.2. The van der Waals surface area contributed by atoms with Crippen LogP contribution in [0, 0.1) is 29.6 Å². The fraction of sp³-hybridized carbons (Fsp3) is 0.200. The highest BCUT2D eigenvalue weighted by atomic mass is 79.9. The summed E-state index contributed by atoms with van der Waals surface area (Å²) in [4.78, 5) is 0. The van der Waals surface area contributed by atoms with E-state index in [4.69, 9.17) is 10.5 Å². The molecule has 0 amide bonds. The van der Waals surface area contributed by atoms with E-state index in [9.17, 15) is 0 Å². The highest BCUT2D eigenvalue weighted by Gasteiger charge is 2.02. The third-order valence-corrected chi connectivity index (χ3v) is 2.26. The second-order valence-corrected chi connectivity index (χ2v) is 3.69. The van der Waals surface area contributed by atoms with E-state index >= 15 is 0 Å². The number of halogens is 1. The minimum atomic E-state index is -1.04. The van der Waals surface area contributed by atoms with Crippen LogP contribution in [0.2, 0.25) is 0 Å². The van der Waals surface area contributed by atoms with Gasteiger partial charge < -0.3 is 0 Å². The van der Waals surface area contributed by atoms with Gasteiger partial charge in [0.25, 0.3) is 0 Å². The second-order valence-electron chi connectivity index (χ2n) is 2.83. The van der Waals surface area contributed by atoms with Gasteiger partial charge in [-0.1, -0.05) is 6.07 Å². The second kappa shape index (κ2) is 5.23. The van der Waals surface area contributed by atoms with E-state index < -0.39 is 6.04 Å². The molecular weight excluding hydrogens is 256 g/mol. The molecule has 0 atom stereocenters. The van der Waals surface area contributed by atoms with Crippen molar-refractivity contribution in [3.05, 3.63) is 28.2 Å². The van der Waals surface area contributed by atoms with E-state index in [1.165, 1.54) is 0 Å². The first kappa shape index (κ1) is 11.4. The molecule has 74 valence electrons. The molecule has 0 fully saturated rings. The van der Waals surface area contributed by atoms with Crippen molar-refractivity contribution >= 4 is 21.6 Å². The molecule has 5 heteroatoms. The molecule has 0 aliphatic rings. The lowest BCUT2D eigenvalue weighted by atomic mass is 10.2. The van der Waals surface area contributed by atoms with Crippen LogP contribution in [0.4, 0.5) is 5.69 Å². The molecule has 0 radical (unpaired) electrons. The lowest BCUT2D eigenvalue weighted by Gasteiger charge is -1.98. The Morgan fingerprint density at radius 2 is 2.00 bits per heavy atom. The minimum Gasteiger partial charge on any atom is -0.195 e. The molecular formula is C10H7BrN4. The monoisotopic (exact) mass is 262 g/mol. The predicted octanol–water partition coefficient (Wildman–Crippen LogP) is 3.26. The lowest BCUT2D eigenvalue weighted by molar-refractivity contribution is 0.948. The van der Waals surface area contributed by atoms with Crippen LogP contribution in [0.25, 0.3) is 0 Å². The van der Waals surface area contributed by atoms with Crippen LogP contribution >= 0.6 is 15.9 Å². The summed E-state index contributed by atoms with van der Waals surface area (Å²) >= 11 is 3.32. The van der Waals surface area contributed by atoms with E-state index in [1.54, 1.807) is 18.2 Å². The van der Waals surface area contributed by atoms with Gasteiger partial charge in [-0.25, -0.2) is 0 Å². The quantitative estimate of drug-likeness (QED) is 0.768. The van der Waals surface area contributed by atoms with Gasteiger partial charge in [0.15, 0.2) is 0 Å². The maximum atomic E-state index is 8.48. The summed E-state index contributed by atoms with van der Waals surface area (Å²) in [5, 5.41) is 24.4. The fourth-order valence-corrected chi connectivity index (χ4v) is 1.47. The van der Waals surface area contributed by atoms with Gasteiger partial charge in [-0.2, -0.15) is 20.8 Å². The van der Waals surface area contributed by atoms with E-state index in [1.807, 2.05) is 19.1 Å². The van der Waals surface area contributed by atoms with Gasteiger partial charge >= 0.3 is 0 Å². The molecule has 1 aromatic carbocycles. The molecule has 0 saturated heterocycles. The van der Waals surface area contributed by atoms with Crippen molar-refractivity contribution in [1.82, 2.24) is 0 Å². The summed E-state index contributed by atoms with van der Waals surface area (Å²) in [7, 11) is 0. The van der Waals surface area contributed by atoms with Gasteiger partial charge in [0.1, 0.15) is 12.1 Å². The van der Waals surface area contributed by atoms with Crippen LogP contribution in [0.3, 0.4) is 0 Å². The van der Waals surface area contributed by atoms with Crippen molar-refractivity contribution in [3.8, 4) is 12.1 Å². The lowest BCUT2D eigenvalue weighted by Crippen LogP contribution is -1.92. The smallest absolute Gasteiger partial charge is 0.195 e. The zero-order chi connectivity index (χ0) is 11.3. The molecule has 0 N–H and O–H groups in total. The van der Waals surface area contributed by atoms with Gasteiger partial charge in [0.2, 0.25) is 6.04 Å². The topological polar surface area (TPSA) is 72.3 Å².